The van der Waals surface area contributed by atoms with Crippen molar-refractivity contribution in [1.29, 1.82) is 0 Å². The molecule has 2 aromatic rings. The molecule has 116 valence electrons. The van der Waals surface area contributed by atoms with Crippen molar-refractivity contribution in [3.63, 3.8) is 0 Å². The Morgan fingerprint density at radius 3 is 2.87 bits per heavy atom. The molecule has 23 heavy (non-hydrogen) atoms. The number of hydrogen-bond acceptors (Lipinski definition) is 4. The van der Waals surface area contributed by atoms with Crippen molar-refractivity contribution in [1.82, 2.24) is 10.3 Å². The quantitative estimate of drug-likeness (QED) is 0.833. The van der Waals surface area contributed by atoms with Crippen LogP contribution in [0, 0.1) is 18.2 Å². The third kappa shape index (κ3) is 3.34. The zero-order chi connectivity index (χ0) is 16.3. The predicted molar refractivity (Wildman–Crippen MR) is 84.3 cm³/mol. The van der Waals surface area contributed by atoms with E-state index in [2.05, 4.69) is 26.4 Å². The average Bonchev–Trinajstić information content (AvgIpc) is 3.32. The molecule has 0 saturated carbocycles. The number of nitrogens with one attached hydrogen (secondary N) is 1. The second-order valence-electron chi connectivity index (χ2n) is 5.45. The van der Waals surface area contributed by atoms with Crippen molar-refractivity contribution in [3.05, 3.63) is 42.0 Å². The Morgan fingerprint density at radius 2 is 2.13 bits per heavy atom. The van der Waals surface area contributed by atoms with Gasteiger partial charge in [0.05, 0.1) is 5.56 Å². The summed E-state index contributed by atoms with van der Waals surface area (Å²) in [6.07, 6.45) is 10.2. The number of fused-ring (bicyclic) bond motifs is 1. The van der Waals surface area contributed by atoms with E-state index in [1.165, 1.54) is 12.1 Å². The first-order valence-corrected chi connectivity index (χ1v) is 7.32. The van der Waals surface area contributed by atoms with Crippen LogP contribution in [0.2, 0.25) is 0 Å². The number of amides is 1. The lowest BCUT2D eigenvalue weighted by Crippen LogP contribution is -2.29. The Hall–Kier alpha value is -2.81. The maximum Gasteiger partial charge on any atom is 0.254 e. The van der Waals surface area contributed by atoms with Gasteiger partial charge in [0.1, 0.15) is 5.82 Å². The number of carbonyl (C=O) groups is 1. The highest BCUT2D eigenvalue weighted by Gasteiger charge is 2.38. The second kappa shape index (κ2) is 6.13. The minimum absolute atomic E-state index is 0.0195. The number of terminal acetylenes is 1. The third-order valence-electron chi connectivity index (χ3n) is 3.83. The fourth-order valence-corrected chi connectivity index (χ4v) is 2.42. The standard InChI is InChI=1S/C17H15FN4O/c1-2-3-5-17(21-22-17)6-8-20-16(23)14-9-12-4-7-19-11-13(12)10-15(14)18/h1,4,7,9-11H,3,5-6,8H2,(H,20,23). The van der Waals surface area contributed by atoms with Gasteiger partial charge in [-0.2, -0.15) is 10.2 Å². The lowest BCUT2D eigenvalue weighted by molar-refractivity contribution is 0.0948. The zero-order valence-electron chi connectivity index (χ0n) is 12.4. The van der Waals surface area contributed by atoms with Gasteiger partial charge in [-0.1, -0.05) is 0 Å². The molecule has 1 aliphatic heterocycles. The van der Waals surface area contributed by atoms with Crippen molar-refractivity contribution >= 4 is 16.7 Å². The first-order valence-electron chi connectivity index (χ1n) is 7.32. The topological polar surface area (TPSA) is 66.7 Å². The summed E-state index contributed by atoms with van der Waals surface area (Å²) in [5.74, 6) is 1.54. The Bertz CT molecular complexity index is 819. The molecule has 0 unspecified atom stereocenters. The summed E-state index contributed by atoms with van der Waals surface area (Å²) in [6.45, 7) is 0.365. The molecule has 1 aromatic heterocycles. The Balaban J connectivity index is 1.62. The molecule has 1 N–H and O–H groups in total. The summed E-state index contributed by atoms with van der Waals surface area (Å²) in [5.41, 5.74) is -0.432. The van der Waals surface area contributed by atoms with E-state index in [1.54, 1.807) is 18.5 Å². The van der Waals surface area contributed by atoms with E-state index < -0.39 is 17.4 Å². The SMILES string of the molecule is C#CCCC1(CCNC(=O)c2cc3ccncc3cc2F)N=N1. The summed E-state index contributed by atoms with van der Waals surface area (Å²) in [4.78, 5) is 16.1. The molecule has 1 aliphatic rings. The molecule has 0 saturated heterocycles. The normalized spacial score (nSPS) is 14.4. The van der Waals surface area contributed by atoms with Crippen molar-refractivity contribution in [2.45, 2.75) is 24.9 Å². The smallest absolute Gasteiger partial charge is 0.254 e. The van der Waals surface area contributed by atoms with E-state index in [4.69, 9.17) is 6.42 Å². The van der Waals surface area contributed by atoms with Crippen LogP contribution in [-0.2, 0) is 0 Å². The zero-order valence-corrected chi connectivity index (χ0v) is 12.4. The highest BCUT2D eigenvalue weighted by Crippen LogP contribution is 2.36. The molecule has 6 heteroatoms. The number of carbonyl (C=O) groups excluding carboxylic acids is 1. The van der Waals surface area contributed by atoms with Crippen LogP contribution < -0.4 is 5.32 Å². The Morgan fingerprint density at radius 1 is 1.30 bits per heavy atom. The lowest BCUT2D eigenvalue weighted by Gasteiger charge is -2.10. The molecule has 0 atom stereocenters. The van der Waals surface area contributed by atoms with Crippen LogP contribution in [-0.4, -0.2) is 23.1 Å². The molecular weight excluding hydrogens is 295 g/mol. The van der Waals surface area contributed by atoms with E-state index in [-0.39, 0.29) is 5.56 Å². The van der Waals surface area contributed by atoms with Crippen LogP contribution in [0.4, 0.5) is 4.39 Å². The molecule has 2 heterocycles. The van der Waals surface area contributed by atoms with Gasteiger partial charge in [-0.3, -0.25) is 9.78 Å². The van der Waals surface area contributed by atoms with E-state index in [0.717, 1.165) is 5.39 Å². The molecular formula is C17H15FN4O. The van der Waals surface area contributed by atoms with Crippen LogP contribution in [0.25, 0.3) is 10.8 Å². The van der Waals surface area contributed by atoms with E-state index in [0.29, 0.717) is 31.2 Å². The van der Waals surface area contributed by atoms with Crippen molar-refractivity contribution in [2.75, 3.05) is 6.54 Å². The Labute approximate surface area is 133 Å². The van der Waals surface area contributed by atoms with Crippen LogP contribution in [0.15, 0.2) is 40.8 Å². The lowest BCUT2D eigenvalue weighted by atomic mass is 10.0. The van der Waals surface area contributed by atoms with Gasteiger partial charge in [0.25, 0.3) is 5.91 Å². The van der Waals surface area contributed by atoms with Gasteiger partial charge < -0.3 is 5.32 Å². The Kier molecular flexibility index (Phi) is 4.02. The maximum absolute atomic E-state index is 14.1. The molecule has 1 amide bonds. The van der Waals surface area contributed by atoms with Gasteiger partial charge in [0.2, 0.25) is 0 Å². The number of aromatic nitrogens is 1. The molecule has 0 fully saturated rings. The largest absolute Gasteiger partial charge is 0.352 e. The van der Waals surface area contributed by atoms with Gasteiger partial charge in [-0.05, 0) is 23.6 Å². The summed E-state index contributed by atoms with van der Waals surface area (Å²) in [6, 6.07) is 4.58. The van der Waals surface area contributed by atoms with Crippen molar-refractivity contribution in [3.8, 4) is 12.3 Å². The number of halogens is 1. The summed E-state index contributed by atoms with van der Waals surface area (Å²) >= 11 is 0. The molecule has 0 aliphatic carbocycles. The fourth-order valence-electron chi connectivity index (χ4n) is 2.42. The molecule has 0 bridgehead atoms. The molecule has 0 radical (unpaired) electrons. The number of benzene rings is 1. The second-order valence-corrected chi connectivity index (χ2v) is 5.45. The summed E-state index contributed by atoms with van der Waals surface area (Å²) in [5, 5.41) is 12.1. The number of hydrogen-bond donors (Lipinski definition) is 1. The highest BCUT2D eigenvalue weighted by molar-refractivity contribution is 5.98. The first-order chi connectivity index (χ1) is 11.1. The van der Waals surface area contributed by atoms with Gasteiger partial charge in [0, 0.05) is 43.6 Å². The molecule has 0 spiro atoms. The number of pyridine rings is 1. The highest BCUT2D eigenvalue weighted by atomic mass is 19.1. The monoisotopic (exact) mass is 310 g/mol. The van der Waals surface area contributed by atoms with Gasteiger partial charge >= 0.3 is 0 Å². The van der Waals surface area contributed by atoms with Gasteiger partial charge in [0.15, 0.2) is 5.66 Å². The first kappa shape index (κ1) is 15.1. The van der Waals surface area contributed by atoms with E-state index in [1.807, 2.05) is 0 Å². The predicted octanol–water partition coefficient (Wildman–Crippen LogP) is 3.07. The van der Waals surface area contributed by atoms with Gasteiger partial charge in [-0.15, -0.1) is 12.3 Å². The summed E-state index contributed by atoms with van der Waals surface area (Å²) < 4.78 is 14.1. The minimum atomic E-state index is -0.564. The van der Waals surface area contributed by atoms with Crippen LogP contribution in [0.3, 0.4) is 0 Å². The van der Waals surface area contributed by atoms with Crippen LogP contribution in [0.5, 0.6) is 0 Å². The maximum atomic E-state index is 14.1. The van der Waals surface area contributed by atoms with Crippen LogP contribution in [0.1, 0.15) is 29.6 Å². The van der Waals surface area contributed by atoms with Gasteiger partial charge in [-0.25, -0.2) is 4.39 Å². The summed E-state index contributed by atoms with van der Waals surface area (Å²) in [7, 11) is 0. The molecule has 5 nitrogen and oxygen atoms in total. The van der Waals surface area contributed by atoms with Crippen molar-refractivity contribution < 1.29 is 9.18 Å². The van der Waals surface area contributed by atoms with Crippen molar-refractivity contribution in [2.24, 2.45) is 10.2 Å². The fraction of sp³-hybridized carbons (Fsp3) is 0.294. The average molecular weight is 310 g/mol. The molecule has 1 aromatic carbocycles. The van der Waals surface area contributed by atoms with E-state index >= 15 is 0 Å². The van der Waals surface area contributed by atoms with Crippen LogP contribution >= 0.6 is 0 Å². The molecule has 3 rings (SSSR count). The minimum Gasteiger partial charge on any atom is -0.352 e. The number of nitrogens with zero attached hydrogens (tertiary/aromatic N) is 3. The number of rotatable bonds is 6. The third-order valence-corrected chi connectivity index (χ3v) is 3.83. The van der Waals surface area contributed by atoms with E-state index in [9.17, 15) is 9.18 Å².